The molecule has 1 heterocycles. The summed E-state index contributed by atoms with van der Waals surface area (Å²) in [5.74, 6) is 1.25. The third-order valence-electron chi connectivity index (χ3n) is 3.90. The van der Waals surface area contributed by atoms with Crippen molar-refractivity contribution >= 4 is 11.9 Å². The molecule has 0 N–H and O–H groups in total. The van der Waals surface area contributed by atoms with Crippen LogP contribution in [0.25, 0.3) is 11.3 Å². The van der Waals surface area contributed by atoms with E-state index in [4.69, 9.17) is 19.3 Å². The van der Waals surface area contributed by atoms with Crippen LogP contribution in [-0.2, 0) is 11.4 Å². The Balaban J connectivity index is 1.72. The predicted molar refractivity (Wildman–Crippen MR) is 101 cm³/mol. The Hall–Kier alpha value is -4.12. The molecule has 0 saturated heterocycles. The second-order valence-corrected chi connectivity index (χ2v) is 5.62. The van der Waals surface area contributed by atoms with E-state index in [1.807, 2.05) is 6.07 Å². The molecular weight excluding hydrogens is 362 g/mol. The van der Waals surface area contributed by atoms with E-state index in [1.54, 1.807) is 30.3 Å². The molecule has 0 radical (unpaired) electrons. The molecule has 28 heavy (non-hydrogen) atoms. The Bertz CT molecular complexity index is 1070. The van der Waals surface area contributed by atoms with Crippen LogP contribution in [0.1, 0.15) is 16.9 Å². The molecule has 0 fully saturated rings. The maximum Gasteiger partial charge on any atom is 0.270 e. The van der Waals surface area contributed by atoms with Crippen molar-refractivity contribution in [1.29, 1.82) is 5.26 Å². The number of hydrogen-bond acceptors (Lipinski definition) is 7. The molecule has 0 atom stereocenters. The van der Waals surface area contributed by atoms with Gasteiger partial charge in [-0.3, -0.25) is 10.1 Å². The second-order valence-electron chi connectivity index (χ2n) is 5.62. The van der Waals surface area contributed by atoms with Crippen molar-refractivity contribution in [3.63, 3.8) is 0 Å². The molecule has 0 spiro atoms. The van der Waals surface area contributed by atoms with E-state index in [0.717, 1.165) is 5.56 Å². The zero-order valence-corrected chi connectivity index (χ0v) is 14.9. The maximum atomic E-state index is 11.0. The van der Waals surface area contributed by atoms with Crippen LogP contribution in [-0.4, -0.2) is 18.2 Å². The highest BCUT2D eigenvalue weighted by molar-refractivity contribution is 5.78. The van der Waals surface area contributed by atoms with Gasteiger partial charge in [-0.25, -0.2) is 0 Å². The van der Waals surface area contributed by atoms with Gasteiger partial charge in [-0.05, 0) is 24.3 Å². The lowest BCUT2D eigenvalue weighted by Crippen LogP contribution is -1.92. The van der Waals surface area contributed by atoms with Gasteiger partial charge in [-0.2, -0.15) is 5.26 Å². The number of rotatable bonds is 7. The molecule has 0 unspecified atom stereocenters. The lowest BCUT2D eigenvalue weighted by atomic mass is 10.1. The van der Waals surface area contributed by atoms with E-state index in [0.29, 0.717) is 28.4 Å². The molecule has 8 nitrogen and oxygen atoms in total. The minimum atomic E-state index is -0.485. The van der Waals surface area contributed by atoms with E-state index in [1.165, 1.54) is 31.5 Å². The number of nitrogens with zero attached hydrogens (tertiary/aromatic N) is 3. The molecule has 3 rings (SSSR count). The average Bonchev–Trinajstić information content (AvgIpc) is 3.19. The first-order valence-electron chi connectivity index (χ1n) is 8.18. The van der Waals surface area contributed by atoms with Crippen LogP contribution in [0.15, 0.2) is 64.2 Å². The van der Waals surface area contributed by atoms with Crippen LogP contribution in [0.3, 0.4) is 0 Å². The number of oxime groups is 1. The Kier molecular flexibility index (Phi) is 5.67. The molecule has 8 heteroatoms. The minimum Gasteiger partial charge on any atom is -0.496 e. The molecule has 0 saturated carbocycles. The summed E-state index contributed by atoms with van der Waals surface area (Å²) in [6.45, 7) is 0.145. The van der Waals surface area contributed by atoms with Gasteiger partial charge >= 0.3 is 0 Å². The summed E-state index contributed by atoms with van der Waals surface area (Å²) in [6, 6.07) is 16.7. The summed E-state index contributed by atoms with van der Waals surface area (Å²) < 4.78 is 10.9. The van der Waals surface area contributed by atoms with Crippen molar-refractivity contribution in [2.24, 2.45) is 5.16 Å². The lowest BCUT2D eigenvalue weighted by Gasteiger charge is -2.05. The number of non-ortho nitro benzene ring substituents is 1. The summed E-state index contributed by atoms with van der Waals surface area (Å²) in [7, 11) is 1.48. The fourth-order valence-corrected chi connectivity index (χ4v) is 2.52. The van der Waals surface area contributed by atoms with Gasteiger partial charge in [-0.15, -0.1) is 0 Å². The van der Waals surface area contributed by atoms with Crippen molar-refractivity contribution in [2.75, 3.05) is 7.11 Å². The number of nitriles is 1. The zero-order chi connectivity index (χ0) is 19.9. The van der Waals surface area contributed by atoms with Gasteiger partial charge in [0.25, 0.3) is 5.69 Å². The monoisotopic (exact) mass is 377 g/mol. The summed E-state index contributed by atoms with van der Waals surface area (Å²) in [5.41, 5.74) is 1.64. The smallest absolute Gasteiger partial charge is 0.270 e. The van der Waals surface area contributed by atoms with Gasteiger partial charge in [-0.1, -0.05) is 23.4 Å². The van der Waals surface area contributed by atoms with E-state index >= 15 is 0 Å². The molecule has 140 valence electrons. The number of hydrogen-bond donors (Lipinski definition) is 0. The Morgan fingerprint density at radius 3 is 2.82 bits per heavy atom. The number of nitro groups is 1. The van der Waals surface area contributed by atoms with E-state index in [2.05, 4.69) is 11.2 Å². The first kappa shape index (κ1) is 18.7. The Labute approximate surface area is 160 Å². The van der Waals surface area contributed by atoms with Crippen molar-refractivity contribution < 1.29 is 18.9 Å². The molecule has 0 aliphatic carbocycles. The van der Waals surface area contributed by atoms with E-state index < -0.39 is 4.92 Å². The van der Waals surface area contributed by atoms with Crippen molar-refractivity contribution in [2.45, 2.75) is 6.61 Å². The summed E-state index contributed by atoms with van der Waals surface area (Å²) >= 11 is 0. The highest BCUT2D eigenvalue weighted by atomic mass is 16.6. The molecule has 2 aromatic carbocycles. The fourth-order valence-electron chi connectivity index (χ4n) is 2.52. The van der Waals surface area contributed by atoms with Crippen LogP contribution in [0, 0.1) is 21.4 Å². The first-order chi connectivity index (χ1) is 13.6. The summed E-state index contributed by atoms with van der Waals surface area (Å²) in [5, 5.41) is 23.9. The average molecular weight is 377 g/mol. The van der Waals surface area contributed by atoms with Gasteiger partial charge < -0.3 is 14.0 Å². The zero-order valence-electron chi connectivity index (χ0n) is 14.9. The van der Waals surface area contributed by atoms with Gasteiger partial charge in [0.05, 0.1) is 29.2 Å². The third kappa shape index (κ3) is 4.16. The van der Waals surface area contributed by atoms with Crippen molar-refractivity contribution in [3.8, 4) is 23.1 Å². The molecule has 0 aliphatic heterocycles. The first-order valence-corrected chi connectivity index (χ1v) is 8.18. The highest BCUT2D eigenvalue weighted by Crippen LogP contribution is 2.34. The minimum absolute atomic E-state index is 0.0677. The van der Waals surface area contributed by atoms with Crippen molar-refractivity contribution in [1.82, 2.24) is 0 Å². The SMILES string of the molecule is COc1ccc([N+](=O)[O-])cc1-c1ccc(/C=N\OCc2ccccc2C#N)o1. The predicted octanol–water partition coefficient (Wildman–Crippen LogP) is 4.29. The molecule has 0 bridgehead atoms. The standard InChI is InChI=1S/C20H15N3O5/c1-26-19-8-6-16(23(24)25)10-18(19)20-9-7-17(28-20)12-22-27-13-15-5-3-2-4-14(15)11-21/h2-10,12H,13H2,1H3/b22-12-. The molecule has 0 amide bonds. The number of benzene rings is 2. The second kappa shape index (κ2) is 8.51. The van der Waals surface area contributed by atoms with Crippen LogP contribution in [0.5, 0.6) is 5.75 Å². The summed E-state index contributed by atoms with van der Waals surface area (Å²) in [6.07, 6.45) is 1.38. The fraction of sp³-hybridized carbons (Fsp3) is 0.100. The molecule has 1 aromatic heterocycles. The number of ether oxygens (including phenoxy) is 1. The van der Waals surface area contributed by atoms with Gasteiger partial charge in [0.15, 0.2) is 0 Å². The quantitative estimate of drug-likeness (QED) is 0.345. The van der Waals surface area contributed by atoms with Crippen LogP contribution in [0.2, 0.25) is 0 Å². The molecule has 3 aromatic rings. The molecule has 0 aliphatic rings. The maximum absolute atomic E-state index is 11.0. The Morgan fingerprint density at radius 1 is 1.25 bits per heavy atom. The number of furan rings is 1. The van der Waals surface area contributed by atoms with E-state index in [9.17, 15) is 10.1 Å². The van der Waals surface area contributed by atoms with E-state index in [-0.39, 0.29) is 12.3 Å². The van der Waals surface area contributed by atoms with Crippen LogP contribution >= 0.6 is 0 Å². The lowest BCUT2D eigenvalue weighted by molar-refractivity contribution is -0.384. The Morgan fingerprint density at radius 2 is 2.07 bits per heavy atom. The van der Waals surface area contributed by atoms with Gasteiger partial charge in [0, 0.05) is 17.7 Å². The highest BCUT2D eigenvalue weighted by Gasteiger charge is 2.15. The number of methoxy groups -OCH3 is 1. The topological polar surface area (TPSA) is 111 Å². The van der Waals surface area contributed by atoms with Gasteiger partial charge in [0.1, 0.15) is 30.1 Å². The third-order valence-corrected chi connectivity index (χ3v) is 3.90. The molecular formula is C20H15N3O5. The number of nitro benzene ring substituents is 1. The van der Waals surface area contributed by atoms with Gasteiger partial charge in [0.2, 0.25) is 0 Å². The van der Waals surface area contributed by atoms with Crippen LogP contribution in [0.4, 0.5) is 5.69 Å². The normalized spacial score (nSPS) is 10.6. The van der Waals surface area contributed by atoms with Crippen LogP contribution < -0.4 is 4.74 Å². The van der Waals surface area contributed by atoms with Crippen molar-refractivity contribution in [3.05, 3.63) is 81.6 Å². The summed E-state index contributed by atoms with van der Waals surface area (Å²) in [4.78, 5) is 15.7. The largest absolute Gasteiger partial charge is 0.496 e.